The van der Waals surface area contributed by atoms with Crippen LogP contribution in [0.15, 0.2) is 106 Å². The average molecular weight is 482 g/mol. The lowest BCUT2D eigenvalue weighted by molar-refractivity contribution is -0.115. The number of thiophene rings is 1. The van der Waals surface area contributed by atoms with Crippen LogP contribution in [0.25, 0.3) is 0 Å². The van der Waals surface area contributed by atoms with Gasteiger partial charge in [0.2, 0.25) is 5.91 Å². The monoisotopic (exact) mass is 481 g/mol. The van der Waals surface area contributed by atoms with E-state index < -0.39 is 15.3 Å². The van der Waals surface area contributed by atoms with Crippen molar-refractivity contribution in [2.24, 2.45) is 0 Å². The van der Waals surface area contributed by atoms with Crippen molar-refractivity contribution in [2.45, 2.75) is 14.4 Å². The number of amides is 1. The van der Waals surface area contributed by atoms with Crippen molar-refractivity contribution >= 4 is 50.4 Å². The third-order valence-electron chi connectivity index (χ3n) is 4.41. The molecule has 162 valence electrons. The van der Waals surface area contributed by atoms with Crippen molar-refractivity contribution < 1.29 is 13.2 Å². The molecule has 1 unspecified atom stereocenters. The van der Waals surface area contributed by atoms with Crippen LogP contribution in [-0.2, 0) is 14.8 Å². The van der Waals surface area contributed by atoms with E-state index in [1.165, 1.54) is 11.8 Å². The molecule has 2 heterocycles. The molecule has 9 heteroatoms. The summed E-state index contributed by atoms with van der Waals surface area (Å²) in [6.45, 7) is 0. The number of pyridine rings is 1. The first kappa shape index (κ1) is 22.1. The molecule has 2 aromatic heterocycles. The topological polar surface area (TPSA) is 88.2 Å². The van der Waals surface area contributed by atoms with Crippen LogP contribution in [0.4, 0.5) is 11.4 Å². The summed E-state index contributed by atoms with van der Waals surface area (Å²) in [6.07, 6.45) is 3.24. The highest BCUT2D eigenvalue weighted by atomic mass is 32.2. The van der Waals surface area contributed by atoms with Crippen LogP contribution in [-0.4, -0.2) is 19.3 Å². The Kier molecular flexibility index (Phi) is 6.89. The van der Waals surface area contributed by atoms with Gasteiger partial charge in [0.25, 0.3) is 10.0 Å². The molecule has 0 aliphatic heterocycles. The van der Waals surface area contributed by atoms with Crippen LogP contribution in [0.3, 0.4) is 0 Å². The first-order chi connectivity index (χ1) is 15.5. The minimum absolute atomic E-state index is 0.158. The van der Waals surface area contributed by atoms with E-state index in [4.69, 9.17) is 0 Å². The first-order valence-electron chi connectivity index (χ1n) is 9.60. The molecule has 0 radical (unpaired) electrons. The lowest BCUT2D eigenvalue weighted by Gasteiger charge is -2.17. The maximum absolute atomic E-state index is 13.1. The number of thioether (sulfide) groups is 1. The Labute approximate surface area is 194 Å². The van der Waals surface area contributed by atoms with Crippen LogP contribution < -0.4 is 10.0 Å². The maximum atomic E-state index is 13.1. The summed E-state index contributed by atoms with van der Waals surface area (Å²) < 4.78 is 27.7. The van der Waals surface area contributed by atoms with Gasteiger partial charge in [0, 0.05) is 28.7 Å². The number of rotatable bonds is 8. The van der Waals surface area contributed by atoms with Gasteiger partial charge in [0.15, 0.2) is 0 Å². The van der Waals surface area contributed by atoms with Gasteiger partial charge >= 0.3 is 0 Å². The minimum atomic E-state index is -3.60. The van der Waals surface area contributed by atoms with E-state index in [0.717, 1.165) is 21.8 Å². The largest absolute Gasteiger partial charge is 0.325 e. The second-order valence-electron chi connectivity index (χ2n) is 6.70. The zero-order valence-corrected chi connectivity index (χ0v) is 19.2. The van der Waals surface area contributed by atoms with E-state index in [0.29, 0.717) is 11.4 Å². The maximum Gasteiger partial charge on any atom is 0.271 e. The summed E-state index contributed by atoms with van der Waals surface area (Å²) in [5.74, 6) is -0.158. The van der Waals surface area contributed by atoms with Gasteiger partial charge in [-0.3, -0.25) is 14.5 Å². The fourth-order valence-corrected chi connectivity index (χ4v) is 5.98. The summed E-state index contributed by atoms with van der Waals surface area (Å²) >= 11 is 2.55. The lowest BCUT2D eigenvalue weighted by Crippen LogP contribution is -2.19. The Hall–Kier alpha value is -3.14. The number of aromatic nitrogens is 1. The van der Waals surface area contributed by atoms with Crippen LogP contribution in [0.5, 0.6) is 0 Å². The molecule has 0 aliphatic rings. The van der Waals surface area contributed by atoms with Gasteiger partial charge in [-0.15, -0.1) is 23.1 Å². The smallest absolute Gasteiger partial charge is 0.271 e. The molecule has 0 aliphatic carbocycles. The van der Waals surface area contributed by atoms with Gasteiger partial charge < -0.3 is 5.32 Å². The summed E-state index contributed by atoms with van der Waals surface area (Å²) in [7, 11) is -3.60. The standard InChI is InChI=1S/C23H19N3O3S3/c27-23(25-18-12-14-24-15-13-18)22(17-5-2-1-3-6-17)31-20-10-8-19(9-11-20)26-32(28,29)21-7-4-16-30-21/h1-16,22,26H,(H,24,25,27). The number of benzene rings is 2. The third kappa shape index (κ3) is 5.56. The fourth-order valence-electron chi connectivity index (χ4n) is 2.90. The van der Waals surface area contributed by atoms with Crippen molar-refractivity contribution in [1.82, 2.24) is 4.98 Å². The van der Waals surface area contributed by atoms with Crippen LogP contribution in [0.1, 0.15) is 10.8 Å². The van der Waals surface area contributed by atoms with Crippen LogP contribution in [0.2, 0.25) is 0 Å². The molecule has 4 aromatic rings. The van der Waals surface area contributed by atoms with E-state index >= 15 is 0 Å². The summed E-state index contributed by atoms with van der Waals surface area (Å²) in [6, 6.07) is 23.2. The van der Waals surface area contributed by atoms with E-state index in [-0.39, 0.29) is 10.1 Å². The molecule has 4 rings (SSSR count). The Morgan fingerprint density at radius 1 is 0.875 bits per heavy atom. The van der Waals surface area contributed by atoms with Crippen molar-refractivity contribution in [3.63, 3.8) is 0 Å². The van der Waals surface area contributed by atoms with Crippen molar-refractivity contribution in [3.8, 4) is 0 Å². The van der Waals surface area contributed by atoms with E-state index in [2.05, 4.69) is 15.0 Å². The highest BCUT2D eigenvalue weighted by Gasteiger charge is 2.22. The molecule has 1 amide bonds. The molecule has 32 heavy (non-hydrogen) atoms. The second-order valence-corrected chi connectivity index (χ2v) is 10.7. The number of carbonyl (C=O) groups excluding carboxylic acids is 1. The van der Waals surface area contributed by atoms with E-state index in [1.54, 1.807) is 66.3 Å². The predicted molar refractivity (Wildman–Crippen MR) is 129 cm³/mol. The Balaban J connectivity index is 1.51. The summed E-state index contributed by atoms with van der Waals surface area (Å²) in [5.41, 5.74) is 2.00. The number of hydrogen-bond acceptors (Lipinski definition) is 6. The molecule has 1 atom stereocenters. The van der Waals surface area contributed by atoms with Gasteiger partial charge in [-0.2, -0.15) is 0 Å². The van der Waals surface area contributed by atoms with Gasteiger partial charge in [-0.05, 0) is 53.4 Å². The predicted octanol–water partition coefficient (Wildman–Crippen LogP) is 5.42. The van der Waals surface area contributed by atoms with Gasteiger partial charge in [-0.1, -0.05) is 36.4 Å². The van der Waals surface area contributed by atoms with E-state index in [1.807, 2.05) is 30.3 Å². The Morgan fingerprint density at radius 3 is 2.25 bits per heavy atom. The van der Waals surface area contributed by atoms with Crippen molar-refractivity contribution in [2.75, 3.05) is 10.0 Å². The Morgan fingerprint density at radius 2 is 1.59 bits per heavy atom. The molecular formula is C23H19N3O3S3. The van der Waals surface area contributed by atoms with E-state index in [9.17, 15) is 13.2 Å². The lowest BCUT2D eigenvalue weighted by atomic mass is 10.1. The average Bonchev–Trinajstić information content (AvgIpc) is 3.36. The minimum Gasteiger partial charge on any atom is -0.325 e. The molecule has 0 bridgehead atoms. The van der Waals surface area contributed by atoms with Gasteiger partial charge in [0.1, 0.15) is 9.46 Å². The molecule has 0 saturated carbocycles. The van der Waals surface area contributed by atoms with Gasteiger partial charge in [-0.25, -0.2) is 8.42 Å². The molecule has 2 N–H and O–H groups in total. The SMILES string of the molecule is O=C(Nc1ccncc1)C(Sc1ccc(NS(=O)(=O)c2cccs2)cc1)c1ccccc1. The van der Waals surface area contributed by atoms with Gasteiger partial charge in [0.05, 0.1) is 0 Å². The zero-order chi connectivity index (χ0) is 22.4. The number of hydrogen-bond donors (Lipinski definition) is 2. The normalized spacial score (nSPS) is 12.1. The highest BCUT2D eigenvalue weighted by Crippen LogP contribution is 2.37. The Bertz CT molecular complexity index is 1260. The van der Waals surface area contributed by atoms with Crippen LogP contribution in [0, 0.1) is 0 Å². The number of nitrogens with zero attached hydrogens (tertiary/aromatic N) is 1. The summed E-state index contributed by atoms with van der Waals surface area (Å²) in [4.78, 5) is 17.9. The molecule has 6 nitrogen and oxygen atoms in total. The molecule has 0 spiro atoms. The number of sulfonamides is 1. The molecule has 0 fully saturated rings. The number of anilines is 2. The number of nitrogens with one attached hydrogen (secondary N) is 2. The zero-order valence-electron chi connectivity index (χ0n) is 16.7. The molecule has 2 aromatic carbocycles. The molecule has 0 saturated heterocycles. The highest BCUT2D eigenvalue weighted by molar-refractivity contribution is 8.00. The van der Waals surface area contributed by atoms with Crippen LogP contribution >= 0.6 is 23.1 Å². The second kappa shape index (κ2) is 9.99. The quantitative estimate of drug-likeness (QED) is 0.328. The van der Waals surface area contributed by atoms with Crippen molar-refractivity contribution in [3.05, 3.63) is 102 Å². The number of carbonyl (C=O) groups is 1. The fraction of sp³-hybridized carbons (Fsp3) is 0.0435. The van der Waals surface area contributed by atoms with Crippen molar-refractivity contribution in [1.29, 1.82) is 0 Å². The summed E-state index contributed by atoms with van der Waals surface area (Å²) in [5, 5.41) is 4.16. The first-order valence-corrected chi connectivity index (χ1v) is 12.8. The molecular weight excluding hydrogens is 462 g/mol. The third-order valence-corrected chi connectivity index (χ3v) is 8.45.